The molecule has 0 spiro atoms. The first kappa shape index (κ1) is 35.7. The summed E-state index contributed by atoms with van der Waals surface area (Å²) in [7, 11) is 0. The van der Waals surface area contributed by atoms with Crippen LogP contribution in [0.1, 0.15) is 106 Å². The highest BCUT2D eigenvalue weighted by Crippen LogP contribution is 2.25. The summed E-state index contributed by atoms with van der Waals surface area (Å²) < 4.78 is 0. The first-order valence-electron chi connectivity index (χ1n) is 19.0. The minimum absolute atomic E-state index is 0.814. The molecule has 0 heterocycles. The van der Waals surface area contributed by atoms with E-state index in [9.17, 15) is 0 Å². The van der Waals surface area contributed by atoms with Crippen molar-refractivity contribution in [2.45, 2.75) is 84.5 Å². The molecule has 2 nitrogen and oxygen atoms in total. The number of anilines is 2. The van der Waals surface area contributed by atoms with Crippen LogP contribution in [0.3, 0.4) is 0 Å². The summed E-state index contributed by atoms with van der Waals surface area (Å²) in [6, 6.07) is 49.3. The molecule has 0 aromatic heterocycles. The van der Waals surface area contributed by atoms with E-state index in [0.29, 0.717) is 0 Å². The topological polar surface area (TPSA) is 52.0 Å². The maximum atomic E-state index is 5.87. The number of hydrogen-bond acceptors (Lipinski definition) is 2. The Balaban J connectivity index is 1.13. The minimum Gasteiger partial charge on any atom is -0.399 e. The lowest BCUT2D eigenvalue weighted by atomic mass is 9.90. The molecule has 4 N–H and O–H groups in total. The first-order chi connectivity index (χ1) is 24.9. The predicted octanol–water partition coefficient (Wildman–Crippen LogP) is 11.5. The second-order valence-electron chi connectivity index (χ2n) is 14.4. The summed E-state index contributed by atoms with van der Waals surface area (Å²) in [6.45, 7) is 4.58. The zero-order valence-electron chi connectivity index (χ0n) is 30.6. The average Bonchev–Trinajstić information content (AvgIpc) is 3.15. The van der Waals surface area contributed by atoms with Crippen LogP contribution < -0.4 is 11.5 Å². The van der Waals surface area contributed by atoms with E-state index >= 15 is 0 Å². The van der Waals surface area contributed by atoms with Gasteiger partial charge in [0.1, 0.15) is 0 Å². The zero-order valence-corrected chi connectivity index (χ0v) is 30.6. The van der Waals surface area contributed by atoms with E-state index in [1.54, 1.807) is 0 Å². The number of benzene rings is 6. The molecule has 0 aliphatic rings. The van der Waals surface area contributed by atoms with Gasteiger partial charge in [0, 0.05) is 11.4 Å². The molecule has 0 radical (unpaired) electrons. The standard InChI is InChI=1S/C49H54N2/c1-3-5-7-44-34-42(17-23-46(44)32-40-13-9-36(10-14-40)29-38-19-25-48(50)26-20-38)31-43-18-24-47(45(35-43)8-6-4-2)33-41-15-11-37(12-16-41)30-39-21-27-49(51)28-22-39/h9-28,34-35H,3-8,29-33,50-51H2,1-2H3. The van der Waals surface area contributed by atoms with Gasteiger partial charge in [-0.05, 0) is 149 Å². The van der Waals surface area contributed by atoms with Gasteiger partial charge in [-0.1, -0.05) is 136 Å². The third-order valence-electron chi connectivity index (χ3n) is 10.2. The summed E-state index contributed by atoms with van der Waals surface area (Å²) in [5.41, 5.74) is 30.1. The molecule has 0 aliphatic carbocycles. The highest BCUT2D eigenvalue weighted by Gasteiger charge is 2.10. The van der Waals surface area contributed by atoms with Crippen molar-refractivity contribution >= 4 is 11.4 Å². The van der Waals surface area contributed by atoms with Crippen molar-refractivity contribution in [3.8, 4) is 0 Å². The van der Waals surface area contributed by atoms with Crippen molar-refractivity contribution in [2.24, 2.45) is 0 Å². The van der Waals surface area contributed by atoms with Crippen LogP contribution in [0.25, 0.3) is 0 Å². The fraction of sp³-hybridized carbons (Fsp3) is 0.265. The summed E-state index contributed by atoms with van der Waals surface area (Å²) >= 11 is 0. The third-order valence-corrected chi connectivity index (χ3v) is 10.2. The van der Waals surface area contributed by atoms with Crippen LogP contribution in [0, 0.1) is 0 Å². The lowest BCUT2D eigenvalue weighted by molar-refractivity contribution is 0.786. The van der Waals surface area contributed by atoms with Crippen molar-refractivity contribution in [1.82, 2.24) is 0 Å². The van der Waals surface area contributed by atoms with Gasteiger partial charge >= 0.3 is 0 Å². The minimum atomic E-state index is 0.814. The normalized spacial score (nSPS) is 11.2. The van der Waals surface area contributed by atoms with Crippen LogP contribution in [0.5, 0.6) is 0 Å². The molecular formula is C49H54N2. The molecule has 6 rings (SSSR count). The van der Waals surface area contributed by atoms with Gasteiger partial charge in [0.05, 0.1) is 0 Å². The van der Waals surface area contributed by atoms with E-state index < -0.39 is 0 Å². The van der Waals surface area contributed by atoms with Crippen LogP contribution in [-0.4, -0.2) is 0 Å². The van der Waals surface area contributed by atoms with Crippen LogP contribution in [0.15, 0.2) is 133 Å². The quantitative estimate of drug-likeness (QED) is 0.101. The second kappa shape index (κ2) is 17.7. The molecule has 0 unspecified atom stereocenters. The fourth-order valence-corrected chi connectivity index (χ4v) is 7.09. The van der Waals surface area contributed by atoms with Gasteiger partial charge in [0.2, 0.25) is 0 Å². The van der Waals surface area contributed by atoms with Gasteiger partial charge < -0.3 is 11.5 Å². The van der Waals surface area contributed by atoms with Crippen LogP contribution in [0.2, 0.25) is 0 Å². The van der Waals surface area contributed by atoms with Crippen LogP contribution in [-0.2, 0) is 44.9 Å². The molecule has 51 heavy (non-hydrogen) atoms. The second-order valence-corrected chi connectivity index (χ2v) is 14.4. The molecule has 260 valence electrons. The molecule has 0 atom stereocenters. The van der Waals surface area contributed by atoms with Crippen molar-refractivity contribution in [3.63, 3.8) is 0 Å². The lowest BCUT2D eigenvalue weighted by Crippen LogP contribution is -2.01. The van der Waals surface area contributed by atoms with Gasteiger partial charge in [0.25, 0.3) is 0 Å². The van der Waals surface area contributed by atoms with Crippen LogP contribution in [0.4, 0.5) is 11.4 Å². The molecule has 0 bridgehead atoms. The molecule has 6 aromatic carbocycles. The average molecular weight is 671 g/mol. The number of hydrogen-bond donors (Lipinski definition) is 2. The Labute approximate surface area is 306 Å². The van der Waals surface area contributed by atoms with Gasteiger partial charge in [-0.2, -0.15) is 0 Å². The van der Waals surface area contributed by atoms with E-state index in [0.717, 1.165) is 56.3 Å². The Bertz CT molecular complexity index is 1820. The van der Waals surface area contributed by atoms with E-state index in [1.165, 1.54) is 92.4 Å². The number of rotatable bonds is 16. The number of nitrogens with two attached hydrogens (primary N) is 2. The predicted molar refractivity (Wildman–Crippen MR) is 219 cm³/mol. The lowest BCUT2D eigenvalue weighted by Gasteiger charge is -2.15. The fourth-order valence-electron chi connectivity index (χ4n) is 7.09. The maximum absolute atomic E-state index is 5.87. The summed E-state index contributed by atoms with van der Waals surface area (Å²) in [4.78, 5) is 0. The highest BCUT2D eigenvalue weighted by molar-refractivity contribution is 5.44. The Morgan fingerprint density at radius 1 is 0.314 bits per heavy atom. The van der Waals surface area contributed by atoms with E-state index in [-0.39, 0.29) is 0 Å². The molecule has 2 heteroatoms. The van der Waals surface area contributed by atoms with E-state index in [2.05, 4.69) is 123 Å². The number of aryl methyl sites for hydroxylation is 2. The molecule has 0 saturated carbocycles. The number of nitrogen functional groups attached to an aromatic ring is 2. The van der Waals surface area contributed by atoms with Gasteiger partial charge in [0.15, 0.2) is 0 Å². The van der Waals surface area contributed by atoms with Gasteiger partial charge in [-0.3, -0.25) is 0 Å². The molecular weight excluding hydrogens is 617 g/mol. The summed E-state index contributed by atoms with van der Waals surface area (Å²) in [5, 5.41) is 0. The Kier molecular flexibility index (Phi) is 12.4. The number of unbranched alkanes of at least 4 members (excludes halogenated alkanes) is 2. The molecule has 0 saturated heterocycles. The van der Waals surface area contributed by atoms with Crippen molar-refractivity contribution in [1.29, 1.82) is 0 Å². The zero-order chi connectivity index (χ0) is 35.4. The smallest absolute Gasteiger partial charge is 0.0314 e. The van der Waals surface area contributed by atoms with Crippen molar-refractivity contribution < 1.29 is 0 Å². The van der Waals surface area contributed by atoms with Gasteiger partial charge in [-0.15, -0.1) is 0 Å². The van der Waals surface area contributed by atoms with E-state index in [4.69, 9.17) is 11.5 Å². The highest BCUT2D eigenvalue weighted by atomic mass is 14.5. The maximum Gasteiger partial charge on any atom is 0.0314 e. The van der Waals surface area contributed by atoms with Crippen molar-refractivity contribution in [3.05, 3.63) is 200 Å². The van der Waals surface area contributed by atoms with Crippen molar-refractivity contribution in [2.75, 3.05) is 11.5 Å². The molecule has 0 fully saturated rings. The van der Waals surface area contributed by atoms with Gasteiger partial charge in [-0.25, -0.2) is 0 Å². The van der Waals surface area contributed by atoms with Crippen LogP contribution >= 0.6 is 0 Å². The third kappa shape index (κ3) is 10.5. The van der Waals surface area contributed by atoms with E-state index in [1.807, 2.05) is 24.3 Å². The first-order valence-corrected chi connectivity index (χ1v) is 19.0. The Hall–Kier alpha value is -5.08. The molecule has 0 aliphatic heterocycles. The Morgan fingerprint density at radius 2 is 0.588 bits per heavy atom. The largest absolute Gasteiger partial charge is 0.399 e. The molecule has 6 aromatic rings. The SMILES string of the molecule is CCCCc1cc(Cc2ccc(Cc3ccc(Cc4ccc(N)cc4)cc3)c(CCCC)c2)ccc1Cc1ccc(Cc2ccc(N)cc2)cc1. The molecule has 0 amide bonds. The summed E-state index contributed by atoms with van der Waals surface area (Å²) in [5.74, 6) is 0. The Morgan fingerprint density at radius 3 is 0.922 bits per heavy atom. The monoisotopic (exact) mass is 670 g/mol. The summed E-state index contributed by atoms with van der Waals surface area (Å²) in [6.07, 6.45) is 11.9.